The van der Waals surface area contributed by atoms with Gasteiger partial charge in [-0.3, -0.25) is 4.79 Å². The van der Waals surface area contributed by atoms with Crippen LogP contribution < -0.4 is 11.1 Å². The Morgan fingerprint density at radius 3 is 2.68 bits per heavy atom. The minimum Gasteiger partial charge on any atom is -0.397 e. The van der Waals surface area contributed by atoms with Crippen molar-refractivity contribution in [2.75, 3.05) is 31.7 Å². The maximum absolute atomic E-state index is 11.9. The first-order valence-corrected chi connectivity index (χ1v) is 6.49. The van der Waals surface area contributed by atoms with Crippen molar-refractivity contribution >= 4 is 17.3 Å². The predicted octanol–water partition coefficient (Wildman–Crippen LogP) is 1.30. The van der Waals surface area contributed by atoms with Crippen LogP contribution in [0.25, 0.3) is 0 Å². The molecule has 1 aromatic carbocycles. The van der Waals surface area contributed by atoms with Crippen LogP contribution in [0, 0.1) is 0 Å². The Morgan fingerprint density at radius 2 is 2.16 bits per heavy atom. The third-order valence-corrected chi connectivity index (χ3v) is 3.60. The molecular weight excluding hydrogens is 242 g/mol. The number of nitrogens with two attached hydrogens (primary N) is 1. The molecule has 1 saturated carbocycles. The van der Waals surface area contributed by atoms with Gasteiger partial charge < -0.3 is 21.1 Å². The van der Waals surface area contributed by atoms with Crippen molar-refractivity contribution in [2.45, 2.75) is 24.9 Å². The predicted molar refractivity (Wildman–Crippen MR) is 76.2 cm³/mol. The SMILES string of the molecule is CN(C)C(=O)c1ccc(N)c(NCC2(O)CCC2)c1. The lowest BCUT2D eigenvalue weighted by Crippen LogP contribution is -2.43. The van der Waals surface area contributed by atoms with Gasteiger partial charge in [0.25, 0.3) is 5.91 Å². The fraction of sp³-hybridized carbons (Fsp3) is 0.500. The molecule has 1 amide bonds. The lowest BCUT2D eigenvalue weighted by atomic mass is 9.80. The first-order chi connectivity index (χ1) is 8.91. The summed E-state index contributed by atoms with van der Waals surface area (Å²) in [7, 11) is 3.42. The second-order valence-electron chi connectivity index (χ2n) is 5.43. The highest BCUT2D eigenvalue weighted by molar-refractivity contribution is 5.95. The summed E-state index contributed by atoms with van der Waals surface area (Å²) in [5, 5.41) is 13.2. The molecule has 1 aliphatic carbocycles. The van der Waals surface area contributed by atoms with E-state index in [2.05, 4.69) is 5.32 Å². The number of carbonyl (C=O) groups excluding carboxylic acids is 1. The monoisotopic (exact) mass is 263 g/mol. The van der Waals surface area contributed by atoms with Gasteiger partial charge in [-0.05, 0) is 37.5 Å². The maximum atomic E-state index is 11.9. The van der Waals surface area contributed by atoms with Gasteiger partial charge in [-0.1, -0.05) is 0 Å². The number of nitrogens with one attached hydrogen (secondary N) is 1. The van der Waals surface area contributed by atoms with Gasteiger partial charge in [0, 0.05) is 26.2 Å². The van der Waals surface area contributed by atoms with Gasteiger partial charge in [-0.2, -0.15) is 0 Å². The van der Waals surface area contributed by atoms with Crippen LogP contribution >= 0.6 is 0 Å². The van der Waals surface area contributed by atoms with Gasteiger partial charge in [-0.25, -0.2) is 0 Å². The van der Waals surface area contributed by atoms with E-state index in [1.807, 2.05) is 0 Å². The second-order valence-corrected chi connectivity index (χ2v) is 5.43. The van der Waals surface area contributed by atoms with E-state index >= 15 is 0 Å². The molecule has 0 atom stereocenters. The van der Waals surface area contributed by atoms with Gasteiger partial charge in [0.1, 0.15) is 0 Å². The first-order valence-electron chi connectivity index (χ1n) is 6.49. The zero-order chi connectivity index (χ0) is 14.0. The Bertz CT molecular complexity index is 482. The molecule has 0 spiro atoms. The zero-order valence-electron chi connectivity index (χ0n) is 11.4. The van der Waals surface area contributed by atoms with Crippen LogP contribution in [0.3, 0.4) is 0 Å². The van der Waals surface area contributed by atoms with Crippen LogP contribution in [-0.4, -0.2) is 42.2 Å². The number of rotatable bonds is 4. The summed E-state index contributed by atoms with van der Waals surface area (Å²) in [6.45, 7) is 0.469. The van der Waals surface area contributed by atoms with Crippen molar-refractivity contribution in [3.63, 3.8) is 0 Å². The minimum atomic E-state index is -0.617. The van der Waals surface area contributed by atoms with Crippen molar-refractivity contribution in [3.8, 4) is 0 Å². The minimum absolute atomic E-state index is 0.0644. The summed E-state index contributed by atoms with van der Waals surface area (Å²) in [6.07, 6.45) is 2.69. The normalized spacial score (nSPS) is 16.6. The Balaban J connectivity index is 2.10. The van der Waals surface area contributed by atoms with Crippen LogP contribution in [-0.2, 0) is 0 Å². The number of benzene rings is 1. The van der Waals surface area contributed by atoms with Crippen molar-refractivity contribution in [1.82, 2.24) is 4.90 Å². The highest BCUT2D eigenvalue weighted by atomic mass is 16.3. The Morgan fingerprint density at radius 1 is 1.47 bits per heavy atom. The molecular formula is C14H21N3O2. The van der Waals surface area contributed by atoms with Gasteiger partial charge >= 0.3 is 0 Å². The number of aliphatic hydroxyl groups is 1. The molecule has 4 N–H and O–H groups in total. The molecule has 0 aliphatic heterocycles. The fourth-order valence-corrected chi connectivity index (χ4v) is 2.12. The number of anilines is 2. The summed E-state index contributed by atoms with van der Waals surface area (Å²) in [5.74, 6) is -0.0644. The Kier molecular flexibility index (Phi) is 3.66. The molecule has 0 saturated heterocycles. The molecule has 0 heterocycles. The van der Waals surface area contributed by atoms with Crippen molar-refractivity contribution in [2.24, 2.45) is 0 Å². The van der Waals surface area contributed by atoms with Crippen LogP contribution in [0.1, 0.15) is 29.6 Å². The second kappa shape index (κ2) is 5.09. The molecule has 0 aromatic heterocycles. The molecule has 0 radical (unpaired) electrons. The smallest absolute Gasteiger partial charge is 0.253 e. The number of amides is 1. The average Bonchev–Trinajstić information content (AvgIpc) is 2.34. The highest BCUT2D eigenvalue weighted by Gasteiger charge is 2.34. The molecule has 0 bridgehead atoms. The molecule has 0 unspecified atom stereocenters. The van der Waals surface area contributed by atoms with Crippen LogP contribution in [0.4, 0.5) is 11.4 Å². The summed E-state index contributed by atoms with van der Waals surface area (Å²) >= 11 is 0. The maximum Gasteiger partial charge on any atom is 0.253 e. The number of carbonyl (C=O) groups is 1. The third kappa shape index (κ3) is 2.98. The van der Waals surface area contributed by atoms with Crippen molar-refractivity contribution < 1.29 is 9.90 Å². The highest BCUT2D eigenvalue weighted by Crippen LogP contribution is 2.32. The molecule has 104 valence electrons. The molecule has 1 fully saturated rings. The van der Waals surface area contributed by atoms with Crippen LogP contribution in [0.5, 0.6) is 0 Å². The summed E-state index contributed by atoms with van der Waals surface area (Å²) in [6, 6.07) is 5.16. The van der Waals surface area contributed by atoms with E-state index in [1.54, 1.807) is 32.3 Å². The van der Waals surface area contributed by atoms with E-state index in [0.29, 0.717) is 23.5 Å². The summed E-state index contributed by atoms with van der Waals surface area (Å²) in [5.41, 5.74) is 7.14. The molecule has 2 rings (SSSR count). The van der Waals surface area contributed by atoms with Crippen molar-refractivity contribution in [1.29, 1.82) is 0 Å². The lowest BCUT2D eigenvalue weighted by Gasteiger charge is -2.37. The zero-order valence-corrected chi connectivity index (χ0v) is 11.4. The number of nitrogens with zero attached hydrogens (tertiary/aromatic N) is 1. The van der Waals surface area contributed by atoms with E-state index in [0.717, 1.165) is 19.3 Å². The van der Waals surface area contributed by atoms with E-state index in [1.165, 1.54) is 4.90 Å². The Labute approximate surface area is 113 Å². The number of hydrogen-bond acceptors (Lipinski definition) is 4. The van der Waals surface area contributed by atoms with Gasteiger partial charge in [-0.15, -0.1) is 0 Å². The van der Waals surface area contributed by atoms with E-state index < -0.39 is 5.60 Å². The third-order valence-electron chi connectivity index (χ3n) is 3.60. The summed E-state index contributed by atoms with van der Waals surface area (Å²) in [4.78, 5) is 13.4. The van der Waals surface area contributed by atoms with E-state index in [9.17, 15) is 9.90 Å². The van der Waals surface area contributed by atoms with E-state index in [-0.39, 0.29) is 5.91 Å². The van der Waals surface area contributed by atoms with Gasteiger partial charge in [0.05, 0.1) is 17.0 Å². The molecule has 1 aromatic rings. The van der Waals surface area contributed by atoms with Crippen molar-refractivity contribution in [3.05, 3.63) is 23.8 Å². The molecule has 5 nitrogen and oxygen atoms in total. The molecule has 1 aliphatic rings. The standard InChI is InChI=1S/C14H21N3O2/c1-17(2)13(18)10-4-5-11(15)12(8-10)16-9-14(19)6-3-7-14/h4-5,8,16,19H,3,6-7,9,15H2,1-2H3. The number of hydrogen-bond donors (Lipinski definition) is 3. The lowest BCUT2D eigenvalue weighted by molar-refractivity contribution is -0.0201. The van der Waals surface area contributed by atoms with Crippen LogP contribution in [0.2, 0.25) is 0 Å². The fourth-order valence-electron chi connectivity index (χ4n) is 2.12. The van der Waals surface area contributed by atoms with Gasteiger partial charge in [0.15, 0.2) is 0 Å². The number of nitrogen functional groups attached to an aromatic ring is 1. The quantitative estimate of drug-likeness (QED) is 0.715. The Hall–Kier alpha value is -1.75. The average molecular weight is 263 g/mol. The van der Waals surface area contributed by atoms with Gasteiger partial charge in [0.2, 0.25) is 0 Å². The van der Waals surface area contributed by atoms with Crippen LogP contribution in [0.15, 0.2) is 18.2 Å². The first kappa shape index (κ1) is 13.7. The molecule has 5 heteroatoms. The summed E-state index contributed by atoms with van der Waals surface area (Å²) < 4.78 is 0. The van der Waals surface area contributed by atoms with E-state index in [4.69, 9.17) is 5.73 Å². The largest absolute Gasteiger partial charge is 0.397 e. The molecule has 19 heavy (non-hydrogen) atoms. The topological polar surface area (TPSA) is 78.6 Å².